The molecule has 0 bridgehead atoms. The van der Waals surface area contributed by atoms with Crippen LogP contribution in [0.1, 0.15) is 55.1 Å². The summed E-state index contributed by atoms with van der Waals surface area (Å²) in [4.78, 5) is 57.1. The first-order valence-electron chi connectivity index (χ1n) is 17.8. The SMILES string of the molecule is CC#N.Cc1ccc2oc(-c3cccc(C(=O)[O-])n3)nc2c1.Cc1ccc2oc(-c3cccc(C(=O)[O-])n3)nc2c1.Cc1ccc2oc(-c3cccc(C(=O)[O-])n3)nc2c1.[Eu+3].[OH3+].[OH3+]. The van der Waals surface area contributed by atoms with E-state index in [9.17, 15) is 29.7 Å². The summed E-state index contributed by atoms with van der Waals surface area (Å²) in [6, 6.07) is 32.4. The summed E-state index contributed by atoms with van der Waals surface area (Å²) < 4.78 is 16.7. The van der Waals surface area contributed by atoms with Crippen LogP contribution < -0.4 is 15.3 Å². The van der Waals surface area contributed by atoms with E-state index in [1.165, 1.54) is 25.1 Å². The van der Waals surface area contributed by atoms with Crippen molar-refractivity contribution in [3.63, 3.8) is 0 Å². The first-order chi connectivity index (χ1) is 28.8. The Hall–Kier alpha value is -7.08. The number of aromatic nitrogens is 6. The van der Waals surface area contributed by atoms with Crippen LogP contribution in [0.2, 0.25) is 0 Å². The minimum absolute atomic E-state index is 0. The number of fused-ring (bicyclic) bond motifs is 3. The zero-order valence-electron chi connectivity index (χ0n) is 33.7. The molecule has 0 saturated carbocycles. The number of hydrogen-bond donors (Lipinski definition) is 0. The Morgan fingerprint density at radius 2 is 0.730 bits per heavy atom. The third-order valence-corrected chi connectivity index (χ3v) is 8.16. The Balaban J connectivity index is 0.000000238. The molecule has 18 nitrogen and oxygen atoms in total. The number of carbonyl (C=O) groups is 3. The number of carboxylic acid groups (broad SMARTS) is 3. The van der Waals surface area contributed by atoms with Crippen molar-refractivity contribution in [3.8, 4) is 40.8 Å². The van der Waals surface area contributed by atoms with Gasteiger partial charge in [-0.2, -0.15) is 5.26 Å². The number of aromatic carboxylic acids is 3. The number of benzene rings is 3. The number of nitriles is 1. The molecule has 0 aliphatic carbocycles. The Labute approximate surface area is 398 Å². The molecule has 0 unspecified atom stereocenters. The number of oxazole rings is 3. The third kappa shape index (κ3) is 12.7. The molecule has 6 N–H and O–H groups in total. The van der Waals surface area contributed by atoms with Gasteiger partial charge >= 0.3 is 49.4 Å². The molecule has 0 aliphatic rings. The Morgan fingerprint density at radius 1 is 0.476 bits per heavy atom. The molecular weight excluding hydrogens is 954 g/mol. The largest absolute Gasteiger partial charge is 3.00 e. The molecule has 318 valence electrons. The summed E-state index contributed by atoms with van der Waals surface area (Å²) in [5, 5.41) is 39.6. The number of pyridine rings is 3. The van der Waals surface area contributed by atoms with Crippen molar-refractivity contribution < 1.29 is 103 Å². The van der Waals surface area contributed by atoms with E-state index in [1.54, 1.807) is 42.5 Å². The third-order valence-electron chi connectivity index (χ3n) is 8.16. The number of hydrogen-bond acceptors (Lipinski definition) is 16. The average molecular weight is 991 g/mol. The first-order valence-corrected chi connectivity index (χ1v) is 17.8. The molecule has 0 amide bonds. The molecule has 19 heteroatoms. The van der Waals surface area contributed by atoms with Crippen molar-refractivity contribution >= 4 is 51.2 Å². The summed E-state index contributed by atoms with van der Waals surface area (Å²) >= 11 is 0. The fraction of sp³-hybridized carbons (Fsp3) is 0.0909. The molecule has 0 saturated heterocycles. The fourth-order valence-corrected chi connectivity index (χ4v) is 5.44. The van der Waals surface area contributed by atoms with Crippen LogP contribution in [0.5, 0.6) is 0 Å². The molecule has 0 radical (unpaired) electrons. The van der Waals surface area contributed by atoms with E-state index in [4.69, 9.17) is 18.5 Å². The molecular formula is C44H36EuN7O11+2. The smallest absolute Gasteiger partial charge is 0.543 e. The van der Waals surface area contributed by atoms with Gasteiger partial charge in [0.2, 0.25) is 17.7 Å². The van der Waals surface area contributed by atoms with Gasteiger partial charge in [0, 0.05) is 6.92 Å². The fourth-order valence-electron chi connectivity index (χ4n) is 5.44. The second kappa shape index (κ2) is 22.7. The zero-order chi connectivity index (χ0) is 42.9. The van der Waals surface area contributed by atoms with Crippen molar-refractivity contribution in [2.24, 2.45) is 0 Å². The quantitative estimate of drug-likeness (QED) is 0.216. The van der Waals surface area contributed by atoms with Gasteiger partial charge in [0.05, 0.1) is 41.1 Å². The molecule has 9 aromatic rings. The topological polar surface area (TPSA) is 327 Å². The zero-order valence-corrected chi connectivity index (χ0v) is 36.2. The number of aryl methyl sites for hydroxylation is 3. The normalized spacial score (nSPS) is 9.89. The van der Waals surface area contributed by atoms with Crippen LogP contribution in [0.3, 0.4) is 0 Å². The molecule has 0 spiro atoms. The minimum Gasteiger partial charge on any atom is -0.543 e. The number of nitrogens with zero attached hydrogens (tertiary/aromatic N) is 7. The van der Waals surface area contributed by atoms with Crippen LogP contribution in [0.15, 0.2) is 122 Å². The van der Waals surface area contributed by atoms with Crippen LogP contribution in [-0.4, -0.2) is 47.8 Å². The Kier molecular flexibility index (Phi) is 18.1. The molecule has 9 rings (SSSR count). The standard InChI is InChI=1S/3C14H10N2O3.C2H3N.Eu.2H2O/c3*1-8-5-6-12-11(7-8)16-13(19-12)9-3-2-4-10(15-9)14(17)18;1-2-3;;;/h3*2-7H,1H3,(H,17,18);1H3;;2*1H2/q;;;;+3;;/p-1. The van der Waals surface area contributed by atoms with Crippen LogP contribution in [0, 0.1) is 81.5 Å². The Morgan fingerprint density at radius 3 is 0.968 bits per heavy atom. The predicted octanol–water partition coefficient (Wildman–Crippen LogP) is 3.37. The molecule has 0 atom stereocenters. The van der Waals surface area contributed by atoms with Gasteiger partial charge in [0.1, 0.15) is 33.6 Å². The predicted molar refractivity (Wildman–Crippen MR) is 220 cm³/mol. The maximum Gasteiger partial charge on any atom is 3.00 e. The van der Waals surface area contributed by atoms with Crippen LogP contribution in [0.4, 0.5) is 0 Å². The number of rotatable bonds is 6. The number of carboxylic acids is 3. The van der Waals surface area contributed by atoms with E-state index in [2.05, 4.69) is 29.9 Å². The average Bonchev–Trinajstić information content (AvgIpc) is 3.98. The van der Waals surface area contributed by atoms with Crippen molar-refractivity contribution in [3.05, 3.63) is 143 Å². The summed E-state index contributed by atoms with van der Waals surface area (Å²) in [6.45, 7) is 7.31. The van der Waals surface area contributed by atoms with Gasteiger partial charge in [0.15, 0.2) is 16.7 Å². The van der Waals surface area contributed by atoms with E-state index in [1.807, 2.05) is 75.4 Å². The van der Waals surface area contributed by atoms with E-state index in [0.29, 0.717) is 51.5 Å². The second-order valence-electron chi connectivity index (χ2n) is 12.8. The van der Waals surface area contributed by atoms with Crippen molar-refractivity contribution in [2.75, 3.05) is 0 Å². The summed E-state index contributed by atoms with van der Waals surface area (Å²) in [5.74, 6) is -3.09. The monoisotopic (exact) mass is 991 g/mol. The van der Waals surface area contributed by atoms with Crippen molar-refractivity contribution in [1.29, 1.82) is 5.26 Å². The molecule has 6 aromatic heterocycles. The summed E-state index contributed by atoms with van der Waals surface area (Å²) in [7, 11) is 0. The van der Waals surface area contributed by atoms with E-state index in [0.717, 1.165) is 33.2 Å². The van der Waals surface area contributed by atoms with E-state index in [-0.39, 0.29) is 77.4 Å². The maximum absolute atomic E-state index is 10.8. The minimum atomic E-state index is -1.33. The number of carbonyl (C=O) groups excluding carboxylic acids is 3. The Bertz CT molecular complexity index is 2770. The summed E-state index contributed by atoms with van der Waals surface area (Å²) in [6.07, 6.45) is 0. The molecule has 3 aromatic carbocycles. The molecule has 0 fully saturated rings. The van der Waals surface area contributed by atoms with Gasteiger partial charge in [-0.1, -0.05) is 36.4 Å². The molecule has 63 heavy (non-hydrogen) atoms. The molecule has 6 heterocycles. The van der Waals surface area contributed by atoms with Crippen molar-refractivity contribution in [1.82, 2.24) is 29.9 Å². The van der Waals surface area contributed by atoms with Gasteiger partial charge in [0.25, 0.3) is 0 Å². The molecule has 0 aliphatic heterocycles. The van der Waals surface area contributed by atoms with Gasteiger partial charge in [-0.05, 0) is 110 Å². The van der Waals surface area contributed by atoms with Gasteiger partial charge in [-0.25, -0.2) is 29.9 Å². The van der Waals surface area contributed by atoms with Crippen LogP contribution in [0.25, 0.3) is 68.1 Å². The first kappa shape index (κ1) is 50.3. The van der Waals surface area contributed by atoms with Gasteiger partial charge in [-0.15, -0.1) is 0 Å². The van der Waals surface area contributed by atoms with E-state index >= 15 is 0 Å². The van der Waals surface area contributed by atoms with Crippen LogP contribution >= 0.6 is 0 Å². The summed E-state index contributed by atoms with van der Waals surface area (Å²) in [5.41, 5.74) is 7.98. The van der Waals surface area contributed by atoms with Crippen LogP contribution in [-0.2, 0) is 11.0 Å². The van der Waals surface area contributed by atoms with Gasteiger partial charge < -0.3 is 53.9 Å². The van der Waals surface area contributed by atoms with E-state index < -0.39 is 17.9 Å². The maximum atomic E-state index is 10.8. The second-order valence-corrected chi connectivity index (χ2v) is 12.8. The van der Waals surface area contributed by atoms with Crippen molar-refractivity contribution in [2.45, 2.75) is 27.7 Å². The van der Waals surface area contributed by atoms with Gasteiger partial charge in [-0.3, -0.25) is 0 Å².